The summed E-state index contributed by atoms with van der Waals surface area (Å²) >= 11 is 0. The summed E-state index contributed by atoms with van der Waals surface area (Å²) in [5.41, 5.74) is 0.298. The average molecular weight is 195 g/mol. The summed E-state index contributed by atoms with van der Waals surface area (Å²) in [5, 5.41) is 8.58. The van der Waals surface area contributed by atoms with Gasteiger partial charge in [-0.2, -0.15) is 5.26 Å². The molecule has 0 spiro atoms. The lowest BCUT2D eigenvalue weighted by atomic mass is 9.78. The lowest BCUT2D eigenvalue weighted by molar-refractivity contribution is -0.0134. The first-order chi connectivity index (χ1) is 6.45. The molecule has 0 amide bonds. The van der Waals surface area contributed by atoms with Gasteiger partial charge in [0.15, 0.2) is 0 Å². The van der Waals surface area contributed by atoms with E-state index in [1.54, 1.807) is 0 Å². The summed E-state index contributed by atoms with van der Waals surface area (Å²) in [6.07, 6.45) is 3.26. The second-order valence-electron chi connectivity index (χ2n) is 5.39. The van der Waals surface area contributed by atoms with Gasteiger partial charge in [-0.3, -0.25) is 0 Å². The fourth-order valence-electron chi connectivity index (χ4n) is 1.91. The molecule has 1 heterocycles. The summed E-state index contributed by atoms with van der Waals surface area (Å²) in [4.78, 5) is 0. The largest absolute Gasteiger partial charge is 0.374 e. The maximum Gasteiger partial charge on any atom is 0.0709 e. The fraction of sp³-hybridized carbons (Fsp3) is 0.917. The Labute approximate surface area is 87.3 Å². The van der Waals surface area contributed by atoms with E-state index in [0.29, 0.717) is 23.9 Å². The van der Waals surface area contributed by atoms with Gasteiger partial charge in [0.05, 0.1) is 24.7 Å². The van der Waals surface area contributed by atoms with Crippen LogP contribution in [-0.2, 0) is 4.74 Å². The van der Waals surface area contributed by atoms with Crippen LogP contribution in [0.25, 0.3) is 0 Å². The Hall–Kier alpha value is -0.550. The quantitative estimate of drug-likeness (QED) is 0.678. The number of hydrogen-bond donors (Lipinski definition) is 0. The zero-order chi connectivity index (χ0) is 10.8. The van der Waals surface area contributed by atoms with Crippen LogP contribution in [0.3, 0.4) is 0 Å². The molecular weight excluding hydrogens is 174 g/mol. The second-order valence-corrected chi connectivity index (χ2v) is 5.39. The first-order valence-electron chi connectivity index (χ1n) is 5.47. The standard InChI is InChI=1S/C12H21NO/c1-9(12(2,3)4)11-6-5-10(14-11)7-8-13/h9-11H,5-7H2,1-4H3. The summed E-state index contributed by atoms with van der Waals surface area (Å²) < 4.78 is 5.87. The van der Waals surface area contributed by atoms with Crippen molar-refractivity contribution in [2.24, 2.45) is 11.3 Å². The predicted molar refractivity (Wildman–Crippen MR) is 56.7 cm³/mol. The third kappa shape index (κ3) is 2.72. The molecule has 2 heteroatoms. The van der Waals surface area contributed by atoms with Crippen molar-refractivity contribution in [3.05, 3.63) is 0 Å². The van der Waals surface area contributed by atoms with E-state index in [0.717, 1.165) is 12.8 Å². The first-order valence-corrected chi connectivity index (χ1v) is 5.47. The van der Waals surface area contributed by atoms with Crippen molar-refractivity contribution in [3.63, 3.8) is 0 Å². The van der Waals surface area contributed by atoms with Gasteiger partial charge in [-0.15, -0.1) is 0 Å². The minimum absolute atomic E-state index is 0.190. The zero-order valence-corrected chi connectivity index (χ0v) is 9.71. The molecule has 0 bridgehead atoms. The van der Waals surface area contributed by atoms with Gasteiger partial charge in [0.2, 0.25) is 0 Å². The van der Waals surface area contributed by atoms with Crippen LogP contribution in [-0.4, -0.2) is 12.2 Å². The van der Waals surface area contributed by atoms with Gasteiger partial charge >= 0.3 is 0 Å². The van der Waals surface area contributed by atoms with Crippen LogP contribution >= 0.6 is 0 Å². The smallest absolute Gasteiger partial charge is 0.0709 e. The lowest BCUT2D eigenvalue weighted by Gasteiger charge is -2.32. The van der Waals surface area contributed by atoms with Crippen LogP contribution in [0.2, 0.25) is 0 Å². The van der Waals surface area contributed by atoms with Crippen LogP contribution in [0.5, 0.6) is 0 Å². The van der Waals surface area contributed by atoms with E-state index in [1.807, 2.05) is 0 Å². The summed E-state index contributed by atoms with van der Waals surface area (Å²) in [7, 11) is 0. The van der Waals surface area contributed by atoms with Crippen molar-refractivity contribution >= 4 is 0 Å². The van der Waals surface area contributed by atoms with E-state index in [9.17, 15) is 0 Å². The van der Waals surface area contributed by atoms with Gasteiger partial charge in [-0.25, -0.2) is 0 Å². The van der Waals surface area contributed by atoms with E-state index in [4.69, 9.17) is 10.00 Å². The molecule has 0 N–H and O–H groups in total. The Kier molecular flexibility index (Phi) is 3.55. The highest BCUT2D eigenvalue weighted by Gasteiger charge is 2.34. The third-order valence-corrected chi connectivity index (χ3v) is 3.38. The highest BCUT2D eigenvalue weighted by Crippen LogP contribution is 2.36. The van der Waals surface area contributed by atoms with Crippen LogP contribution in [0.1, 0.15) is 47.0 Å². The van der Waals surface area contributed by atoms with Crippen molar-refractivity contribution < 1.29 is 4.74 Å². The maximum absolute atomic E-state index is 8.58. The van der Waals surface area contributed by atoms with Crippen LogP contribution in [0.15, 0.2) is 0 Å². The van der Waals surface area contributed by atoms with Gasteiger partial charge in [-0.05, 0) is 24.2 Å². The molecule has 14 heavy (non-hydrogen) atoms. The average Bonchev–Trinajstić information content (AvgIpc) is 2.50. The van der Waals surface area contributed by atoms with Crippen molar-refractivity contribution in [2.75, 3.05) is 0 Å². The van der Waals surface area contributed by atoms with Gasteiger partial charge in [0, 0.05) is 0 Å². The summed E-state index contributed by atoms with van der Waals surface area (Å²) in [6.45, 7) is 9.00. The van der Waals surface area contributed by atoms with Crippen molar-refractivity contribution in [1.82, 2.24) is 0 Å². The molecule has 0 radical (unpaired) electrons. The zero-order valence-electron chi connectivity index (χ0n) is 9.71. The molecule has 0 aromatic carbocycles. The predicted octanol–water partition coefficient (Wildman–Crippen LogP) is 3.13. The minimum Gasteiger partial charge on any atom is -0.374 e. The number of rotatable bonds is 2. The molecule has 1 saturated heterocycles. The SMILES string of the molecule is CC(C1CCC(CC#N)O1)C(C)(C)C. The number of nitriles is 1. The van der Waals surface area contributed by atoms with Crippen LogP contribution in [0.4, 0.5) is 0 Å². The van der Waals surface area contributed by atoms with Crippen molar-refractivity contribution in [1.29, 1.82) is 5.26 Å². The van der Waals surface area contributed by atoms with Crippen LogP contribution < -0.4 is 0 Å². The van der Waals surface area contributed by atoms with E-state index >= 15 is 0 Å². The van der Waals surface area contributed by atoms with E-state index < -0.39 is 0 Å². The Morgan fingerprint density at radius 2 is 2.07 bits per heavy atom. The topological polar surface area (TPSA) is 33.0 Å². The lowest BCUT2D eigenvalue weighted by Crippen LogP contribution is -2.29. The third-order valence-electron chi connectivity index (χ3n) is 3.38. The second kappa shape index (κ2) is 4.31. The Morgan fingerprint density at radius 1 is 1.43 bits per heavy atom. The Morgan fingerprint density at radius 3 is 2.57 bits per heavy atom. The molecule has 3 unspecified atom stereocenters. The van der Waals surface area contributed by atoms with E-state index in [2.05, 4.69) is 33.8 Å². The number of nitrogens with zero attached hydrogens (tertiary/aromatic N) is 1. The number of hydrogen-bond acceptors (Lipinski definition) is 2. The Bertz CT molecular complexity index is 223. The van der Waals surface area contributed by atoms with Crippen molar-refractivity contribution in [2.45, 2.75) is 59.2 Å². The summed E-state index contributed by atoms with van der Waals surface area (Å²) in [6, 6.07) is 2.18. The summed E-state index contributed by atoms with van der Waals surface area (Å²) in [5.74, 6) is 0.561. The molecule has 1 fully saturated rings. The molecule has 80 valence electrons. The molecule has 0 aromatic rings. The molecule has 2 nitrogen and oxygen atoms in total. The molecular formula is C12H21NO. The van der Waals surface area contributed by atoms with Crippen molar-refractivity contribution in [3.8, 4) is 6.07 Å². The highest BCUT2D eigenvalue weighted by atomic mass is 16.5. The van der Waals surface area contributed by atoms with E-state index in [1.165, 1.54) is 0 Å². The number of ether oxygens (including phenoxy) is 1. The molecule has 1 aliphatic heterocycles. The normalized spacial score (nSPS) is 29.9. The fourth-order valence-corrected chi connectivity index (χ4v) is 1.91. The van der Waals surface area contributed by atoms with E-state index in [-0.39, 0.29) is 6.10 Å². The van der Waals surface area contributed by atoms with Gasteiger partial charge in [0.25, 0.3) is 0 Å². The molecule has 3 atom stereocenters. The van der Waals surface area contributed by atoms with Gasteiger partial charge < -0.3 is 4.74 Å². The van der Waals surface area contributed by atoms with Crippen LogP contribution in [0, 0.1) is 22.7 Å². The molecule has 0 aliphatic carbocycles. The molecule has 0 aromatic heterocycles. The monoisotopic (exact) mass is 195 g/mol. The first kappa shape index (κ1) is 11.5. The Balaban J connectivity index is 2.46. The maximum atomic E-state index is 8.58. The molecule has 1 aliphatic rings. The molecule has 1 rings (SSSR count). The molecule has 0 saturated carbocycles. The van der Waals surface area contributed by atoms with Gasteiger partial charge in [-0.1, -0.05) is 27.7 Å². The highest BCUT2D eigenvalue weighted by molar-refractivity contribution is 4.87. The van der Waals surface area contributed by atoms with Gasteiger partial charge in [0.1, 0.15) is 0 Å². The minimum atomic E-state index is 0.190.